The number of hydrogen-bond donors (Lipinski definition) is 1. The number of carbonyl (C=O) groups is 1. The molecule has 0 aliphatic rings. The lowest BCUT2D eigenvalue weighted by molar-refractivity contribution is -0.115. The Labute approximate surface area is 160 Å². The maximum Gasteiger partial charge on any atom is 0.237 e. The second kappa shape index (κ2) is 8.01. The molecule has 1 aromatic heterocycles. The van der Waals surface area contributed by atoms with Gasteiger partial charge in [0.25, 0.3) is 0 Å². The Kier molecular flexibility index (Phi) is 5.52. The number of nitrogens with zero attached hydrogens (tertiary/aromatic N) is 4. The van der Waals surface area contributed by atoms with Crippen molar-refractivity contribution in [2.45, 2.75) is 17.3 Å². The minimum absolute atomic E-state index is 0.242. The zero-order chi connectivity index (χ0) is 19.4. The average molecular weight is 381 g/mol. The van der Waals surface area contributed by atoms with Crippen LogP contribution in [0.4, 0.5) is 10.1 Å². The maximum absolute atomic E-state index is 13.1. The van der Waals surface area contributed by atoms with E-state index in [9.17, 15) is 9.18 Å². The molecule has 1 N–H and O–H groups in total. The van der Waals surface area contributed by atoms with E-state index < -0.39 is 5.25 Å². The molecule has 1 unspecified atom stereocenters. The fourth-order valence-electron chi connectivity index (χ4n) is 2.40. The van der Waals surface area contributed by atoms with Crippen molar-refractivity contribution < 1.29 is 9.18 Å². The van der Waals surface area contributed by atoms with Crippen LogP contribution in [0.2, 0.25) is 0 Å². The van der Waals surface area contributed by atoms with Crippen molar-refractivity contribution in [1.29, 1.82) is 5.26 Å². The number of aromatic nitrogens is 3. The van der Waals surface area contributed by atoms with Crippen molar-refractivity contribution in [1.82, 2.24) is 14.8 Å². The van der Waals surface area contributed by atoms with Crippen LogP contribution in [0, 0.1) is 17.1 Å². The zero-order valence-electron chi connectivity index (χ0n) is 14.7. The number of nitrogens with one attached hydrogen (secondary N) is 1. The van der Waals surface area contributed by atoms with Gasteiger partial charge in [0.05, 0.1) is 16.5 Å². The number of hydrogen-bond acceptors (Lipinski definition) is 5. The van der Waals surface area contributed by atoms with E-state index in [1.165, 1.54) is 23.9 Å². The molecule has 0 saturated carbocycles. The van der Waals surface area contributed by atoms with Gasteiger partial charge in [-0.2, -0.15) is 5.26 Å². The van der Waals surface area contributed by atoms with Crippen molar-refractivity contribution >= 4 is 23.4 Å². The third kappa shape index (κ3) is 4.15. The summed E-state index contributed by atoms with van der Waals surface area (Å²) in [6, 6.07) is 14.8. The molecule has 0 spiro atoms. The minimum Gasteiger partial charge on any atom is -0.324 e. The normalized spacial score (nSPS) is 11.6. The van der Waals surface area contributed by atoms with Crippen LogP contribution in [0.5, 0.6) is 0 Å². The van der Waals surface area contributed by atoms with Crippen LogP contribution in [0.3, 0.4) is 0 Å². The van der Waals surface area contributed by atoms with Crippen LogP contribution in [0.15, 0.2) is 53.7 Å². The van der Waals surface area contributed by atoms with E-state index in [0.717, 1.165) is 5.56 Å². The number of anilines is 1. The highest BCUT2D eigenvalue weighted by Gasteiger charge is 2.20. The lowest BCUT2D eigenvalue weighted by Gasteiger charge is -2.12. The first-order chi connectivity index (χ1) is 13.0. The Morgan fingerprint density at radius 2 is 1.93 bits per heavy atom. The highest BCUT2D eigenvalue weighted by atomic mass is 32.2. The molecule has 27 heavy (non-hydrogen) atoms. The van der Waals surface area contributed by atoms with Gasteiger partial charge in [-0.15, -0.1) is 10.2 Å². The first-order valence-corrected chi connectivity index (χ1v) is 8.99. The molecule has 0 bridgehead atoms. The second-order valence-corrected chi connectivity index (χ2v) is 7.09. The van der Waals surface area contributed by atoms with Gasteiger partial charge >= 0.3 is 0 Å². The molecule has 1 atom stereocenters. The summed E-state index contributed by atoms with van der Waals surface area (Å²) in [4.78, 5) is 12.5. The molecular formula is C19H16FN5OS. The molecule has 0 saturated heterocycles. The van der Waals surface area contributed by atoms with E-state index in [4.69, 9.17) is 5.26 Å². The summed E-state index contributed by atoms with van der Waals surface area (Å²) < 4.78 is 14.8. The fraction of sp³-hybridized carbons (Fsp3) is 0.158. The predicted octanol–water partition coefficient (Wildman–Crippen LogP) is 3.61. The summed E-state index contributed by atoms with van der Waals surface area (Å²) in [7, 11) is 1.79. The Morgan fingerprint density at radius 3 is 2.63 bits per heavy atom. The number of halogens is 1. The largest absolute Gasteiger partial charge is 0.324 e. The Bertz CT molecular complexity index is 1010. The summed E-state index contributed by atoms with van der Waals surface area (Å²) in [6.07, 6.45) is 0. The molecule has 3 aromatic rings. The van der Waals surface area contributed by atoms with Gasteiger partial charge in [-0.25, -0.2) is 4.39 Å². The van der Waals surface area contributed by atoms with Crippen LogP contribution in [-0.2, 0) is 11.8 Å². The molecule has 3 rings (SSSR count). The topological polar surface area (TPSA) is 83.6 Å². The van der Waals surface area contributed by atoms with E-state index in [1.54, 1.807) is 54.9 Å². The zero-order valence-corrected chi connectivity index (χ0v) is 15.5. The predicted molar refractivity (Wildman–Crippen MR) is 102 cm³/mol. The molecule has 0 fully saturated rings. The summed E-state index contributed by atoms with van der Waals surface area (Å²) in [5.41, 5.74) is 1.61. The van der Waals surface area contributed by atoms with Gasteiger partial charge in [-0.05, 0) is 43.3 Å². The third-order valence-electron chi connectivity index (χ3n) is 3.89. The van der Waals surface area contributed by atoms with Gasteiger partial charge in [-0.3, -0.25) is 4.79 Å². The monoisotopic (exact) mass is 381 g/mol. The number of rotatable bonds is 5. The van der Waals surface area contributed by atoms with Gasteiger partial charge in [0.1, 0.15) is 11.9 Å². The van der Waals surface area contributed by atoms with Gasteiger partial charge in [-0.1, -0.05) is 23.9 Å². The number of amides is 1. The summed E-state index contributed by atoms with van der Waals surface area (Å²) in [6.45, 7) is 1.75. The minimum atomic E-state index is -0.458. The highest BCUT2D eigenvalue weighted by Crippen LogP contribution is 2.26. The van der Waals surface area contributed by atoms with Gasteiger partial charge in [0.2, 0.25) is 5.91 Å². The lowest BCUT2D eigenvalue weighted by atomic mass is 10.2. The van der Waals surface area contributed by atoms with E-state index >= 15 is 0 Å². The van der Waals surface area contributed by atoms with Gasteiger partial charge < -0.3 is 9.88 Å². The molecule has 0 aliphatic carbocycles. The molecule has 0 radical (unpaired) electrons. The Morgan fingerprint density at radius 1 is 1.22 bits per heavy atom. The van der Waals surface area contributed by atoms with Crippen LogP contribution >= 0.6 is 11.8 Å². The van der Waals surface area contributed by atoms with E-state index in [0.29, 0.717) is 22.2 Å². The first-order valence-electron chi connectivity index (χ1n) is 8.11. The highest BCUT2D eigenvalue weighted by molar-refractivity contribution is 8.00. The Hall–Kier alpha value is -3.18. The standard InChI is InChI=1S/C19H16FN5OS/c1-12(18(26)22-16-6-4-3-5-14(16)11-21)27-19-24-23-17(25(19)2)13-7-9-15(20)10-8-13/h3-10,12H,1-2H3,(H,22,26). The van der Waals surface area contributed by atoms with Crippen LogP contribution in [-0.4, -0.2) is 25.9 Å². The van der Waals surface area contributed by atoms with Crippen molar-refractivity contribution in [2.75, 3.05) is 5.32 Å². The second-order valence-electron chi connectivity index (χ2n) is 5.78. The van der Waals surface area contributed by atoms with Crippen LogP contribution in [0.25, 0.3) is 11.4 Å². The van der Waals surface area contributed by atoms with E-state index in [2.05, 4.69) is 15.5 Å². The van der Waals surface area contributed by atoms with Crippen LogP contribution < -0.4 is 5.32 Å². The van der Waals surface area contributed by atoms with Gasteiger partial charge in [0, 0.05) is 12.6 Å². The van der Waals surface area contributed by atoms with E-state index in [1.807, 2.05) is 6.07 Å². The fourth-order valence-corrected chi connectivity index (χ4v) is 3.22. The number of benzene rings is 2. The first kappa shape index (κ1) is 18.6. The number of thioether (sulfide) groups is 1. The molecule has 0 aliphatic heterocycles. The average Bonchev–Trinajstić information content (AvgIpc) is 3.03. The number of carbonyl (C=O) groups excluding carboxylic acids is 1. The number of para-hydroxylation sites is 1. The maximum atomic E-state index is 13.1. The molecule has 2 aromatic carbocycles. The van der Waals surface area contributed by atoms with Crippen molar-refractivity contribution in [3.63, 3.8) is 0 Å². The molecule has 1 heterocycles. The van der Waals surface area contributed by atoms with Crippen molar-refractivity contribution in [3.05, 3.63) is 59.9 Å². The molecular weight excluding hydrogens is 365 g/mol. The SMILES string of the molecule is CC(Sc1nnc(-c2ccc(F)cc2)n1C)C(=O)Nc1ccccc1C#N. The lowest BCUT2D eigenvalue weighted by Crippen LogP contribution is -2.23. The Balaban J connectivity index is 1.72. The number of nitriles is 1. The van der Waals surface area contributed by atoms with E-state index in [-0.39, 0.29) is 11.7 Å². The summed E-state index contributed by atoms with van der Waals surface area (Å²) in [5.74, 6) is 0.0208. The van der Waals surface area contributed by atoms with Crippen LogP contribution in [0.1, 0.15) is 12.5 Å². The third-order valence-corrected chi connectivity index (χ3v) is 5.03. The molecule has 6 nitrogen and oxygen atoms in total. The molecule has 8 heteroatoms. The summed E-state index contributed by atoms with van der Waals surface area (Å²) >= 11 is 1.25. The van der Waals surface area contributed by atoms with Gasteiger partial charge in [0.15, 0.2) is 11.0 Å². The van der Waals surface area contributed by atoms with Crippen molar-refractivity contribution in [3.8, 4) is 17.5 Å². The smallest absolute Gasteiger partial charge is 0.237 e. The quantitative estimate of drug-likeness (QED) is 0.683. The van der Waals surface area contributed by atoms with Crippen molar-refractivity contribution in [2.24, 2.45) is 7.05 Å². The molecule has 136 valence electrons. The summed E-state index contributed by atoms with van der Waals surface area (Å²) in [5, 5.41) is 20.2. The molecule has 1 amide bonds.